The normalized spacial score (nSPS) is 11.4. The summed E-state index contributed by atoms with van der Waals surface area (Å²) >= 11 is 0. The molecular weight excluding hydrogens is 174 g/mol. The molecule has 0 amide bonds. The van der Waals surface area contributed by atoms with Gasteiger partial charge in [-0.05, 0) is 0 Å². The van der Waals surface area contributed by atoms with Crippen LogP contribution in [0.15, 0.2) is 24.4 Å². The van der Waals surface area contributed by atoms with Gasteiger partial charge in [0.25, 0.3) is 6.43 Å². The molecule has 68 valence electrons. The Morgan fingerprint density at radius 2 is 2.15 bits per heavy atom. The highest BCUT2D eigenvalue weighted by Gasteiger charge is 2.13. The lowest BCUT2D eigenvalue weighted by atomic mass is 10.1. The SMILES string of the molecule is Cn1ncc2cccc(C(F)F)c21. The van der Waals surface area contributed by atoms with E-state index in [1.807, 2.05) is 0 Å². The number of aromatic nitrogens is 2. The molecule has 4 heteroatoms. The van der Waals surface area contributed by atoms with E-state index in [0.29, 0.717) is 5.52 Å². The molecular formula is C9H8F2N2. The number of rotatable bonds is 1. The second-order valence-electron chi connectivity index (χ2n) is 2.85. The number of halogens is 2. The largest absolute Gasteiger partial charge is 0.267 e. The maximum absolute atomic E-state index is 12.5. The summed E-state index contributed by atoms with van der Waals surface area (Å²) in [5, 5.41) is 4.67. The van der Waals surface area contributed by atoms with Gasteiger partial charge < -0.3 is 0 Å². The Morgan fingerprint density at radius 3 is 2.85 bits per heavy atom. The molecule has 0 unspecified atom stereocenters. The van der Waals surface area contributed by atoms with Gasteiger partial charge in [0, 0.05) is 18.0 Å². The van der Waals surface area contributed by atoms with E-state index in [-0.39, 0.29) is 5.56 Å². The van der Waals surface area contributed by atoms with E-state index in [0.717, 1.165) is 5.39 Å². The summed E-state index contributed by atoms with van der Waals surface area (Å²) in [5.41, 5.74) is 0.551. The van der Waals surface area contributed by atoms with E-state index in [4.69, 9.17) is 0 Å². The van der Waals surface area contributed by atoms with Crippen LogP contribution >= 0.6 is 0 Å². The van der Waals surface area contributed by atoms with Gasteiger partial charge >= 0.3 is 0 Å². The summed E-state index contributed by atoms with van der Waals surface area (Å²) in [7, 11) is 1.66. The Labute approximate surface area is 73.8 Å². The van der Waals surface area contributed by atoms with Gasteiger partial charge in [-0.1, -0.05) is 18.2 Å². The zero-order valence-corrected chi connectivity index (χ0v) is 7.04. The van der Waals surface area contributed by atoms with Crippen molar-refractivity contribution in [3.05, 3.63) is 30.0 Å². The van der Waals surface area contributed by atoms with E-state index in [1.54, 1.807) is 25.4 Å². The summed E-state index contributed by atoms with van der Waals surface area (Å²) < 4.78 is 26.5. The molecule has 1 aromatic carbocycles. The minimum Gasteiger partial charge on any atom is -0.267 e. The highest BCUT2D eigenvalue weighted by Crippen LogP contribution is 2.26. The number of para-hydroxylation sites is 1. The molecule has 0 saturated carbocycles. The topological polar surface area (TPSA) is 17.8 Å². The molecule has 0 aliphatic rings. The van der Waals surface area contributed by atoms with Crippen molar-refractivity contribution >= 4 is 10.9 Å². The minimum atomic E-state index is -2.45. The fourth-order valence-electron chi connectivity index (χ4n) is 1.44. The van der Waals surface area contributed by atoms with E-state index in [2.05, 4.69) is 5.10 Å². The van der Waals surface area contributed by atoms with E-state index >= 15 is 0 Å². The van der Waals surface area contributed by atoms with Gasteiger partial charge in [-0.25, -0.2) is 8.78 Å². The van der Waals surface area contributed by atoms with Crippen LogP contribution in [0.2, 0.25) is 0 Å². The maximum atomic E-state index is 12.5. The Morgan fingerprint density at radius 1 is 1.38 bits per heavy atom. The fourth-order valence-corrected chi connectivity index (χ4v) is 1.44. The van der Waals surface area contributed by atoms with Gasteiger partial charge in [-0.15, -0.1) is 0 Å². The van der Waals surface area contributed by atoms with Crippen molar-refractivity contribution in [3.63, 3.8) is 0 Å². The number of aryl methyl sites for hydroxylation is 1. The smallest absolute Gasteiger partial charge is 0.265 e. The lowest BCUT2D eigenvalue weighted by Crippen LogP contribution is -1.94. The Bertz CT molecular complexity index is 434. The predicted octanol–water partition coefficient (Wildman–Crippen LogP) is 2.51. The first kappa shape index (κ1) is 8.16. The van der Waals surface area contributed by atoms with Crippen LogP contribution in [0.25, 0.3) is 10.9 Å². The average Bonchev–Trinajstić information content (AvgIpc) is 2.48. The third-order valence-corrected chi connectivity index (χ3v) is 2.03. The van der Waals surface area contributed by atoms with E-state index < -0.39 is 6.43 Å². The van der Waals surface area contributed by atoms with Gasteiger partial charge in [-0.2, -0.15) is 5.10 Å². The van der Waals surface area contributed by atoms with E-state index in [9.17, 15) is 8.78 Å². The third kappa shape index (κ3) is 1.18. The van der Waals surface area contributed by atoms with Gasteiger partial charge in [0.1, 0.15) is 0 Å². The second-order valence-corrected chi connectivity index (χ2v) is 2.85. The Balaban J connectivity index is 2.80. The van der Waals surface area contributed by atoms with Crippen molar-refractivity contribution < 1.29 is 8.78 Å². The number of fused-ring (bicyclic) bond motifs is 1. The van der Waals surface area contributed by atoms with Crippen LogP contribution in [0.4, 0.5) is 8.78 Å². The van der Waals surface area contributed by atoms with Crippen molar-refractivity contribution in [2.45, 2.75) is 6.43 Å². The highest BCUT2D eigenvalue weighted by atomic mass is 19.3. The molecule has 2 aromatic rings. The molecule has 13 heavy (non-hydrogen) atoms. The lowest BCUT2D eigenvalue weighted by Gasteiger charge is -2.02. The van der Waals surface area contributed by atoms with Crippen LogP contribution < -0.4 is 0 Å². The van der Waals surface area contributed by atoms with Crippen molar-refractivity contribution in [3.8, 4) is 0 Å². The predicted molar refractivity (Wildman–Crippen MR) is 45.7 cm³/mol. The van der Waals surface area contributed by atoms with Crippen LogP contribution in [-0.2, 0) is 7.05 Å². The van der Waals surface area contributed by atoms with Crippen LogP contribution in [0, 0.1) is 0 Å². The molecule has 0 fully saturated rings. The molecule has 0 saturated heterocycles. The summed E-state index contributed by atoms with van der Waals surface area (Å²) in [6.45, 7) is 0. The number of alkyl halides is 2. The number of hydrogen-bond acceptors (Lipinski definition) is 1. The Kier molecular flexibility index (Phi) is 1.76. The quantitative estimate of drug-likeness (QED) is 0.662. The standard InChI is InChI=1S/C9H8F2N2/c1-13-8-6(5-12-13)3-2-4-7(8)9(10)11/h2-5,9H,1H3. The number of benzene rings is 1. The second kappa shape index (κ2) is 2.80. The summed E-state index contributed by atoms with van der Waals surface area (Å²) in [6.07, 6.45) is -0.861. The molecule has 1 aromatic heterocycles. The average molecular weight is 182 g/mol. The van der Waals surface area contributed by atoms with Crippen molar-refractivity contribution in [1.82, 2.24) is 9.78 Å². The van der Waals surface area contributed by atoms with Crippen molar-refractivity contribution in [2.24, 2.45) is 7.05 Å². The summed E-state index contributed by atoms with van der Waals surface area (Å²) in [6, 6.07) is 4.81. The fraction of sp³-hybridized carbons (Fsp3) is 0.222. The molecule has 2 rings (SSSR count). The molecule has 0 N–H and O–H groups in total. The first-order chi connectivity index (χ1) is 6.20. The summed E-state index contributed by atoms with van der Waals surface area (Å²) in [4.78, 5) is 0. The molecule has 2 nitrogen and oxygen atoms in total. The molecule has 0 radical (unpaired) electrons. The van der Waals surface area contributed by atoms with Gasteiger partial charge in [0.05, 0.1) is 11.7 Å². The molecule has 0 aliphatic carbocycles. The van der Waals surface area contributed by atoms with Gasteiger partial charge in [0.2, 0.25) is 0 Å². The molecule has 0 aliphatic heterocycles. The first-order valence-corrected chi connectivity index (χ1v) is 3.89. The zero-order valence-electron chi connectivity index (χ0n) is 7.04. The minimum absolute atomic E-state index is 0.0394. The number of nitrogens with zero attached hydrogens (tertiary/aromatic N) is 2. The lowest BCUT2D eigenvalue weighted by molar-refractivity contribution is 0.152. The zero-order chi connectivity index (χ0) is 9.42. The van der Waals surface area contributed by atoms with Crippen molar-refractivity contribution in [1.29, 1.82) is 0 Å². The molecule has 0 bridgehead atoms. The van der Waals surface area contributed by atoms with Gasteiger partial charge in [-0.3, -0.25) is 4.68 Å². The molecule has 0 atom stereocenters. The highest BCUT2D eigenvalue weighted by molar-refractivity contribution is 5.82. The van der Waals surface area contributed by atoms with Gasteiger partial charge in [0.15, 0.2) is 0 Å². The molecule has 1 heterocycles. The van der Waals surface area contributed by atoms with E-state index in [1.165, 1.54) is 10.7 Å². The maximum Gasteiger partial charge on any atom is 0.265 e. The summed E-state index contributed by atoms with van der Waals surface area (Å²) in [5.74, 6) is 0. The third-order valence-electron chi connectivity index (χ3n) is 2.03. The van der Waals surface area contributed by atoms with Crippen LogP contribution in [0.5, 0.6) is 0 Å². The number of hydrogen-bond donors (Lipinski definition) is 0. The van der Waals surface area contributed by atoms with Crippen LogP contribution in [0.3, 0.4) is 0 Å². The van der Waals surface area contributed by atoms with Crippen LogP contribution in [0.1, 0.15) is 12.0 Å². The molecule has 0 spiro atoms. The monoisotopic (exact) mass is 182 g/mol. The van der Waals surface area contributed by atoms with Crippen LogP contribution in [-0.4, -0.2) is 9.78 Å². The first-order valence-electron chi connectivity index (χ1n) is 3.89. The Hall–Kier alpha value is -1.45. The van der Waals surface area contributed by atoms with Crippen molar-refractivity contribution in [2.75, 3.05) is 0 Å².